The molecule has 2 rings (SSSR count). The second-order valence-corrected chi connectivity index (χ2v) is 6.31. The van der Waals surface area contributed by atoms with E-state index in [9.17, 15) is 0 Å². The number of anilines is 2. The number of benzene rings is 1. The molecule has 2 aromatic rings. The molecule has 27 heavy (non-hydrogen) atoms. The average molecular weight is 367 g/mol. The van der Waals surface area contributed by atoms with E-state index in [0.29, 0.717) is 18.2 Å². The third kappa shape index (κ3) is 6.73. The third-order valence-corrected chi connectivity index (χ3v) is 4.09. The molecule has 1 aromatic heterocycles. The Morgan fingerprint density at radius 2 is 2.15 bits per heavy atom. The van der Waals surface area contributed by atoms with Crippen LogP contribution in [0.3, 0.4) is 0 Å². The second kappa shape index (κ2) is 11.0. The van der Waals surface area contributed by atoms with Gasteiger partial charge in [-0.25, -0.2) is 4.98 Å². The average Bonchev–Trinajstić information content (AvgIpc) is 2.67. The lowest BCUT2D eigenvalue weighted by atomic mass is 10.0. The molecule has 0 aliphatic rings. The molecule has 6 nitrogen and oxygen atoms in total. The minimum Gasteiger partial charge on any atom is -0.484 e. The van der Waals surface area contributed by atoms with Crippen LogP contribution in [0.25, 0.3) is 0 Å². The number of nitrogens with one attached hydrogen (secondary N) is 1. The van der Waals surface area contributed by atoms with Gasteiger partial charge >= 0.3 is 0 Å². The Morgan fingerprint density at radius 1 is 1.33 bits per heavy atom. The Hall–Kier alpha value is -2.89. The summed E-state index contributed by atoms with van der Waals surface area (Å²) in [5.41, 5.74) is 9.30. The molecule has 0 unspecified atom stereocenters. The van der Waals surface area contributed by atoms with Crippen LogP contribution in [-0.2, 0) is 6.42 Å². The van der Waals surface area contributed by atoms with Crippen molar-refractivity contribution in [2.24, 2.45) is 4.99 Å². The van der Waals surface area contributed by atoms with Crippen LogP contribution < -0.4 is 15.8 Å². The minimum absolute atomic E-state index is 0.229. The third-order valence-electron chi connectivity index (χ3n) is 4.09. The number of hydrogen-bond acceptors (Lipinski definition) is 6. The van der Waals surface area contributed by atoms with E-state index in [4.69, 9.17) is 10.5 Å². The Bertz CT molecular complexity index is 786. The molecule has 3 N–H and O–H groups in total. The van der Waals surface area contributed by atoms with Crippen molar-refractivity contribution in [1.29, 1.82) is 0 Å². The lowest BCUT2D eigenvalue weighted by Crippen LogP contribution is -2.11. The van der Waals surface area contributed by atoms with E-state index < -0.39 is 0 Å². The van der Waals surface area contributed by atoms with Crippen LogP contribution in [0.5, 0.6) is 5.75 Å². The summed E-state index contributed by atoms with van der Waals surface area (Å²) in [6, 6.07) is 8.33. The highest BCUT2D eigenvalue weighted by molar-refractivity contribution is 5.54. The molecule has 0 saturated carbocycles. The quantitative estimate of drug-likeness (QED) is 0.486. The molecular formula is C21H29N5O. The maximum Gasteiger partial charge on any atom is 0.222 e. The number of aryl methyl sites for hydroxylation is 1. The van der Waals surface area contributed by atoms with E-state index in [0.717, 1.165) is 31.4 Å². The standard InChI is InChI=1S/C21H29N5O/c1-4-6-11-24-20-19(14-25-21(22)26-20)27-15-17(13-23-5-2)12-18-10-8-7-9-16(18)3/h5,7-10,13-14H,4,6,11-12,15H2,1-3H3,(H3,22,24,25,26)/b17-13+,23-5-. The number of aromatic nitrogens is 2. The van der Waals surface area contributed by atoms with Gasteiger partial charge in [0.05, 0.1) is 6.20 Å². The van der Waals surface area contributed by atoms with Gasteiger partial charge in [0.15, 0.2) is 11.6 Å². The van der Waals surface area contributed by atoms with Crippen molar-refractivity contribution in [1.82, 2.24) is 9.97 Å². The smallest absolute Gasteiger partial charge is 0.222 e. The first-order valence-electron chi connectivity index (χ1n) is 9.33. The fourth-order valence-corrected chi connectivity index (χ4v) is 2.54. The van der Waals surface area contributed by atoms with Crippen molar-refractivity contribution in [3.63, 3.8) is 0 Å². The van der Waals surface area contributed by atoms with Crippen LogP contribution in [0.2, 0.25) is 0 Å². The SMILES string of the molecule is C/C=N\C=C(\COc1cnc(N)nc1NCCCC)Cc1ccccc1C. The molecule has 0 radical (unpaired) electrons. The van der Waals surface area contributed by atoms with Gasteiger partial charge in [-0.15, -0.1) is 0 Å². The highest BCUT2D eigenvalue weighted by Gasteiger charge is 2.09. The molecule has 1 heterocycles. The fourth-order valence-electron chi connectivity index (χ4n) is 2.54. The molecule has 0 spiro atoms. The zero-order chi connectivity index (χ0) is 19.5. The lowest BCUT2D eigenvalue weighted by Gasteiger charge is -2.14. The molecule has 144 valence electrons. The van der Waals surface area contributed by atoms with Gasteiger partial charge in [0.2, 0.25) is 5.95 Å². The Morgan fingerprint density at radius 3 is 2.89 bits per heavy atom. The van der Waals surface area contributed by atoms with E-state index in [1.807, 2.05) is 25.3 Å². The second-order valence-electron chi connectivity index (χ2n) is 6.31. The number of unbranched alkanes of at least 4 members (excludes halogenated alkanes) is 1. The number of aliphatic imine (C=N–C) groups is 1. The maximum absolute atomic E-state index is 6.01. The van der Waals surface area contributed by atoms with E-state index >= 15 is 0 Å². The largest absolute Gasteiger partial charge is 0.484 e. The summed E-state index contributed by atoms with van der Waals surface area (Å²) in [6.07, 6.45) is 8.16. The highest BCUT2D eigenvalue weighted by Crippen LogP contribution is 2.23. The minimum atomic E-state index is 0.229. The Kier molecular flexibility index (Phi) is 8.29. The van der Waals surface area contributed by atoms with Gasteiger partial charge in [-0.3, -0.25) is 4.99 Å². The van der Waals surface area contributed by atoms with Crippen molar-refractivity contribution in [3.8, 4) is 5.75 Å². The van der Waals surface area contributed by atoms with Crippen LogP contribution in [0.1, 0.15) is 37.8 Å². The maximum atomic E-state index is 6.01. The van der Waals surface area contributed by atoms with E-state index in [1.54, 1.807) is 12.4 Å². The fraction of sp³-hybridized carbons (Fsp3) is 0.381. The van der Waals surface area contributed by atoms with Gasteiger partial charge in [0.25, 0.3) is 0 Å². The first-order chi connectivity index (χ1) is 13.1. The van der Waals surface area contributed by atoms with Crippen LogP contribution in [-0.4, -0.2) is 29.3 Å². The van der Waals surface area contributed by atoms with Crippen molar-refractivity contribution in [2.45, 2.75) is 40.0 Å². The van der Waals surface area contributed by atoms with Crippen molar-refractivity contribution in [3.05, 3.63) is 53.4 Å². The van der Waals surface area contributed by atoms with Gasteiger partial charge in [-0.1, -0.05) is 37.6 Å². The monoisotopic (exact) mass is 367 g/mol. The highest BCUT2D eigenvalue weighted by atomic mass is 16.5. The summed E-state index contributed by atoms with van der Waals surface area (Å²) in [7, 11) is 0. The van der Waals surface area contributed by atoms with E-state index in [-0.39, 0.29) is 5.95 Å². The number of nitrogens with zero attached hydrogens (tertiary/aromatic N) is 3. The first-order valence-corrected chi connectivity index (χ1v) is 9.33. The van der Waals surface area contributed by atoms with Crippen molar-refractivity contribution in [2.75, 3.05) is 24.2 Å². The molecular weight excluding hydrogens is 338 g/mol. The normalized spacial score (nSPS) is 11.7. The molecule has 0 amide bonds. The molecule has 0 saturated heterocycles. The Balaban J connectivity index is 2.11. The predicted molar refractivity (Wildman–Crippen MR) is 112 cm³/mol. The van der Waals surface area contributed by atoms with Gasteiger partial charge in [-0.2, -0.15) is 4.98 Å². The number of nitrogens with two attached hydrogens (primary N) is 1. The predicted octanol–water partition coefficient (Wildman–Crippen LogP) is 4.18. The molecule has 0 fully saturated rings. The molecule has 1 aromatic carbocycles. The first kappa shape index (κ1) is 20.4. The molecule has 0 bridgehead atoms. The summed E-state index contributed by atoms with van der Waals surface area (Å²) < 4.78 is 6.01. The summed E-state index contributed by atoms with van der Waals surface area (Å²) in [5, 5.41) is 3.28. The lowest BCUT2D eigenvalue weighted by molar-refractivity contribution is 0.347. The van der Waals surface area contributed by atoms with E-state index in [2.05, 4.69) is 46.3 Å². The summed E-state index contributed by atoms with van der Waals surface area (Å²) >= 11 is 0. The Labute approximate surface area is 161 Å². The van der Waals surface area contributed by atoms with Crippen LogP contribution in [0.15, 0.2) is 47.2 Å². The number of nitrogen functional groups attached to an aromatic ring is 1. The summed E-state index contributed by atoms with van der Waals surface area (Å²) in [5.74, 6) is 1.45. The van der Waals surface area contributed by atoms with Gasteiger partial charge in [0, 0.05) is 19.0 Å². The van der Waals surface area contributed by atoms with Gasteiger partial charge in [0.1, 0.15) is 6.61 Å². The molecule has 0 atom stereocenters. The molecule has 0 aliphatic heterocycles. The summed E-state index contributed by atoms with van der Waals surface area (Å²) in [6.45, 7) is 7.37. The molecule has 6 heteroatoms. The zero-order valence-electron chi connectivity index (χ0n) is 16.4. The summed E-state index contributed by atoms with van der Waals surface area (Å²) in [4.78, 5) is 12.6. The molecule has 0 aliphatic carbocycles. The zero-order valence-corrected chi connectivity index (χ0v) is 16.4. The van der Waals surface area contributed by atoms with Crippen molar-refractivity contribution < 1.29 is 4.74 Å². The number of rotatable bonds is 10. The van der Waals surface area contributed by atoms with Crippen LogP contribution in [0.4, 0.5) is 11.8 Å². The number of hydrogen-bond donors (Lipinski definition) is 2. The van der Waals surface area contributed by atoms with Crippen LogP contribution >= 0.6 is 0 Å². The van der Waals surface area contributed by atoms with Crippen LogP contribution in [0, 0.1) is 6.92 Å². The van der Waals surface area contributed by atoms with Crippen molar-refractivity contribution >= 4 is 18.0 Å². The number of ether oxygens (including phenoxy) is 1. The van der Waals surface area contributed by atoms with Gasteiger partial charge in [-0.05, 0) is 43.4 Å². The topological polar surface area (TPSA) is 85.4 Å². The van der Waals surface area contributed by atoms with Gasteiger partial charge < -0.3 is 15.8 Å². The van der Waals surface area contributed by atoms with E-state index in [1.165, 1.54) is 11.1 Å².